The highest BCUT2D eigenvalue weighted by atomic mass is 79.9. The number of halogens is 1. The Morgan fingerprint density at radius 1 is 1.13 bits per heavy atom. The van der Waals surface area contributed by atoms with Crippen molar-refractivity contribution < 1.29 is 0 Å². The summed E-state index contributed by atoms with van der Waals surface area (Å²) in [4.78, 5) is 4.26. The molecular weight excluding hydrogens is 252 g/mol. The highest BCUT2D eigenvalue weighted by Gasteiger charge is 2.04. The van der Waals surface area contributed by atoms with Crippen LogP contribution in [-0.2, 0) is 0 Å². The third-order valence-electron chi connectivity index (χ3n) is 2.05. The zero-order chi connectivity index (χ0) is 10.7. The normalized spacial score (nSPS) is 9.60. The highest BCUT2D eigenvalue weighted by molar-refractivity contribution is 9.10. The second-order valence-corrected chi connectivity index (χ2v) is 3.93. The molecule has 1 aromatic heterocycles. The Kier molecular flexibility index (Phi) is 2.79. The van der Waals surface area contributed by atoms with E-state index in [1.165, 1.54) is 0 Å². The van der Waals surface area contributed by atoms with Crippen LogP contribution in [0.15, 0.2) is 47.1 Å². The van der Waals surface area contributed by atoms with Crippen LogP contribution in [0, 0.1) is 11.3 Å². The molecule has 1 aromatic carbocycles. The predicted octanol–water partition coefficient (Wildman–Crippen LogP) is 3.38. The fourth-order valence-corrected chi connectivity index (χ4v) is 1.57. The molecule has 2 aromatic rings. The Morgan fingerprint density at radius 2 is 1.93 bits per heavy atom. The maximum Gasteiger partial charge on any atom is 0.0998 e. The third kappa shape index (κ3) is 2.05. The molecule has 72 valence electrons. The number of nitrogens with zero attached hydrogens (tertiary/aromatic N) is 2. The minimum absolute atomic E-state index is 0.646. The van der Waals surface area contributed by atoms with Gasteiger partial charge in [-0.2, -0.15) is 5.26 Å². The summed E-state index contributed by atoms with van der Waals surface area (Å²) in [5, 5.41) is 8.95. The van der Waals surface area contributed by atoms with Gasteiger partial charge in [0.15, 0.2) is 0 Å². The largest absolute Gasteiger partial charge is 0.255 e. The molecule has 0 spiro atoms. The molecule has 0 unspecified atom stereocenters. The van der Waals surface area contributed by atoms with Crippen molar-refractivity contribution in [2.24, 2.45) is 0 Å². The average molecular weight is 259 g/mol. The van der Waals surface area contributed by atoms with Gasteiger partial charge < -0.3 is 0 Å². The third-order valence-corrected chi connectivity index (χ3v) is 2.52. The highest BCUT2D eigenvalue weighted by Crippen LogP contribution is 2.22. The first-order valence-corrected chi connectivity index (χ1v) is 5.21. The predicted molar refractivity (Wildman–Crippen MR) is 62.1 cm³/mol. The molecule has 2 rings (SSSR count). The second-order valence-electron chi connectivity index (χ2n) is 3.02. The Labute approximate surface area is 96.3 Å². The molecule has 1 heterocycles. The van der Waals surface area contributed by atoms with Gasteiger partial charge in [0.05, 0.1) is 17.3 Å². The molecule has 0 aliphatic heterocycles. The molecular formula is C12H7BrN2. The topological polar surface area (TPSA) is 36.7 Å². The summed E-state index contributed by atoms with van der Waals surface area (Å²) < 4.78 is 0.931. The molecule has 0 N–H and O–H groups in total. The molecule has 2 nitrogen and oxygen atoms in total. The van der Waals surface area contributed by atoms with Crippen LogP contribution in [0.5, 0.6) is 0 Å². The fraction of sp³-hybridized carbons (Fsp3) is 0. The number of pyridine rings is 1. The van der Waals surface area contributed by atoms with Crippen molar-refractivity contribution in [2.45, 2.75) is 0 Å². The smallest absolute Gasteiger partial charge is 0.0998 e. The van der Waals surface area contributed by atoms with Gasteiger partial charge in [-0.15, -0.1) is 0 Å². The van der Waals surface area contributed by atoms with Crippen LogP contribution in [0.2, 0.25) is 0 Å². The zero-order valence-electron chi connectivity index (χ0n) is 7.81. The van der Waals surface area contributed by atoms with E-state index in [0.717, 1.165) is 15.7 Å². The summed E-state index contributed by atoms with van der Waals surface area (Å²) in [7, 11) is 0. The Morgan fingerprint density at radius 3 is 2.60 bits per heavy atom. The summed E-state index contributed by atoms with van der Waals surface area (Å²) in [6.07, 6.45) is 1.73. The standard InChI is InChI=1S/C12H7BrN2/c13-10-5-6-12(15-8-10)11-4-2-1-3-9(11)7-14/h1-6,8H. The molecule has 0 bridgehead atoms. The van der Waals surface area contributed by atoms with Crippen molar-refractivity contribution in [3.05, 3.63) is 52.6 Å². The number of hydrogen-bond acceptors (Lipinski definition) is 2. The van der Waals surface area contributed by atoms with E-state index in [2.05, 4.69) is 27.0 Å². The Bertz CT molecular complexity index is 512. The number of hydrogen-bond donors (Lipinski definition) is 0. The zero-order valence-corrected chi connectivity index (χ0v) is 9.40. The lowest BCUT2D eigenvalue weighted by Crippen LogP contribution is -1.86. The van der Waals surface area contributed by atoms with Crippen molar-refractivity contribution >= 4 is 15.9 Å². The molecule has 0 amide bonds. The van der Waals surface area contributed by atoms with Crippen LogP contribution in [0.1, 0.15) is 5.56 Å². The van der Waals surface area contributed by atoms with Gasteiger partial charge in [0.25, 0.3) is 0 Å². The molecule has 0 aliphatic carbocycles. The Balaban J connectivity index is 2.55. The van der Waals surface area contributed by atoms with E-state index in [1.807, 2.05) is 30.3 Å². The molecule has 0 saturated carbocycles. The van der Waals surface area contributed by atoms with Crippen molar-refractivity contribution in [1.29, 1.82) is 5.26 Å². The molecule has 0 atom stereocenters. The van der Waals surface area contributed by atoms with E-state index in [4.69, 9.17) is 5.26 Å². The second kappa shape index (κ2) is 4.24. The first-order chi connectivity index (χ1) is 7.31. The van der Waals surface area contributed by atoms with Crippen LogP contribution in [0.3, 0.4) is 0 Å². The summed E-state index contributed by atoms with van der Waals surface area (Å²) >= 11 is 3.33. The van der Waals surface area contributed by atoms with Crippen molar-refractivity contribution in [3.63, 3.8) is 0 Å². The van der Waals surface area contributed by atoms with Crippen molar-refractivity contribution in [1.82, 2.24) is 4.98 Å². The Hall–Kier alpha value is -1.66. The van der Waals surface area contributed by atoms with E-state index in [9.17, 15) is 0 Å². The molecule has 3 heteroatoms. The lowest BCUT2D eigenvalue weighted by molar-refractivity contribution is 1.30. The van der Waals surface area contributed by atoms with Gasteiger partial charge in [0, 0.05) is 16.2 Å². The van der Waals surface area contributed by atoms with E-state index >= 15 is 0 Å². The number of nitriles is 1. The van der Waals surface area contributed by atoms with Crippen LogP contribution in [-0.4, -0.2) is 4.98 Å². The van der Waals surface area contributed by atoms with Gasteiger partial charge in [0.1, 0.15) is 0 Å². The fourth-order valence-electron chi connectivity index (χ4n) is 1.34. The van der Waals surface area contributed by atoms with E-state index < -0.39 is 0 Å². The van der Waals surface area contributed by atoms with Crippen molar-refractivity contribution in [2.75, 3.05) is 0 Å². The van der Waals surface area contributed by atoms with E-state index in [-0.39, 0.29) is 0 Å². The van der Waals surface area contributed by atoms with E-state index in [0.29, 0.717) is 5.56 Å². The first kappa shape index (κ1) is 9.88. The molecule has 0 radical (unpaired) electrons. The lowest BCUT2D eigenvalue weighted by atomic mass is 10.1. The maximum absolute atomic E-state index is 8.95. The minimum Gasteiger partial charge on any atom is -0.255 e. The molecule has 0 aliphatic rings. The van der Waals surface area contributed by atoms with Gasteiger partial charge in [0.2, 0.25) is 0 Å². The van der Waals surface area contributed by atoms with Crippen LogP contribution >= 0.6 is 15.9 Å². The van der Waals surface area contributed by atoms with Gasteiger partial charge >= 0.3 is 0 Å². The minimum atomic E-state index is 0.646. The lowest BCUT2D eigenvalue weighted by Gasteiger charge is -2.02. The number of aromatic nitrogens is 1. The first-order valence-electron chi connectivity index (χ1n) is 4.42. The van der Waals surface area contributed by atoms with Crippen LogP contribution < -0.4 is 0 Å². The molecule has 15 heavy (non-hydrogen) atoms. The number of rotatable bonds is 1. The van der Waals surface area contributed by atoms with Crippen LogP contribution in [0.4, 0.5) is 0 Å². The van der Waals surface area contributed by atoms with Gasteiger partial charge in [-0.3, -0.25) is 4.98 Å². The van der Waals surface area contributed by atoms with Gasteiger partial charge in [-0.05, 0) is 34.1 Å². The van der Waals surface area contributed by atoms with Gasteiger partial charge in [-0.1, -0.05) is 18.2 Å². The molecule has 0 saturated heterocycles. The van der Waals surface area contributed by atoms with E-state index in [1.54, 1.807) is 12.3 Å². The molecule has 0 fully saturated rings. The SMILES string of the molecule is N#Cc1ccccc1-c1ccc(Br)cn1. The monoisotopic (exact) mass is 258 g/mol. The van der Waals surface area contributed by atoms with Crippen LogP contribution in [0.25, 0.3) is 11.3 Å². The van der Waals surface area contributed by atoms with Crippen molar-refractivity contribution in [3.8, 4) is 17.3 Å². The summed E-state index contributed by atoms with van der Waals surface area (Å²) in [5.41, 5.74) is 2.33. The van der Waals surface area contributed by atoms with Gasteiger partial charge in [-0.25, -0.2) is 0 Å². The maximum atomic E-state index is 8.95. The average Bonchev–Trinajstić information content (AvgIpc) is 2.30. The summed E-state index contributed by atoms with van der Waals surface area (Å²) in [5.74, 6) is 0. The number of benzene rings is 1. The summed E-state index contributed by atoms with van der Waals surface area (Å²) in [6.45, 7) is 0. The quantitative estimate of drug-likeness (QED) is 0.787. The summed E-state index contributed by atoms with van der Waals surface area (Å²) in [6, 6.07) is 13.4.